The fourth-order valence-corrected chi connectivity index (χ4v) is 3.34. The molecule has 0 fully saturated rings. The predicted molar refractivity (Wildman–Crippen MR) is 89.2 cm³/mol. The first kappa shape index (κ1) is 16.5. The maximum Gasteiger partial charge on any atom is 0.269 e. The molecule has 1 aromatic heterocycles. The van der Waals surface area contributed by atoms with Crippen LogP contribution in [0.15, 0.2) is 29.2 Å². The molecule has 1 amide bonds. The quantitative estimate of drug-likeness (QED) is 0.818. The van der Waals surface area contributed by atoms with Crippen molar-refractivity contribution in [2.24, 2.45) is 5.92 Å². The van der Waals surface area contributed by atoms with Crippen molar-refractivity contribution in [3.63, 3.8) is 0 Å². The molecule has 0 aliphatic carbocycles. The lowest BCUT2D eigenvalue weighted by Crippen LogP contribution is -2.13. The van der Waals surface area contributed by atoms with Crippen LogP contribution in [0.1, 0.15) is 29.2 Å². The van der Waals surface area contributed by atoms with E-state index in [1.165, 1.54) is 0 Å². The average molecular weight is 332 g/mol. The van der Waals surface area contributed by atoms with Crippen LogP contribution in [0.5, 0.6) is 0 Å². The zero-order chi connectivity index (χ0) is 15.9. The number of nitrogens with one attached hydrogen (secondary N) is 1. The molecule has 0 aliphatic rings. The van der Waals surface area contributed by atoms with Crippen molar-refractivity contribution in [3.8, 4) is 6.07 Å². The molecule has 1 aromatic carbocycles. The van der Waals surface area contributed by atoms with Crippen molar-refractivity contribution in [1.82, 2.24) is 9.59 Å². The predicted octanol–water partition coefficient (Wildman–Crippen LogP) is 3.60. The van der Waals surface area contributed by atoms with Crippen LogP contribution in [-0.4, -0.2) is 21.2 Å². The fourth-order valence-electron chi connectivity index (χ4n) is 1.74. The van der Waals surface area contributed by atoms with Crippen LogP contribution in [0.25, 0.3) is 0 Å². The Kier molecular flexibility index (Phi) is 5.92. The van der Waals surface area contributed by atoms with Gasteiger partial charge in [-0.3, -0.25) is 4.79 Å². The van der Waals surface area contributed by atoms with Crippen LogP contribution in [0.2, 0.25) is 0 Å². The first-order chi connectivity index (χ1) is 10.7. The van der Waals surface area contributed by atoms with Gasteiger partial charge in [-0.1, -0.05) is 23.5 Å². The molecule has 114 valence electrons. The molecule has 5 nitrogen and oxygen atoms in total. The molecule has 22 heavy (non-hydrogen) atoms. The topological polar surface area (TPSA) is 78.7 Å². The Labute approximate surface area is 137 Å². The number of nitrogens with zero attached hydrogens (tertiary/aromatic N) is 3. The standard InChI is InChI=1S/C15H16N4OS2/c1-3-11-14(22-19-18-11)15(20)17-12-6-4-5-7-13(12)21-9-10(2)8-16/h4-7,10H,3,9H2,1-2H3,(H,17,20)/t10-/m1/s1. The van der Waals surface area contributed by atoms with Crippen LogP contribution < -0.4 is 5.32 Å². The van der Waals surface area contributed by atoms with Crippen molar-refractivity contribution < 1.29 is 4.79 Å². The molecule has 0 aliphatic heterocycles. The number of nitriles is 1. The van der Waals surface area contributed by atoms with Gasteiger partial charge in [0, 0.05) is 10.6 Å². The van der Waals surface area contributed by atoms with E-state index in [1.54, 1.807) is 11.8 Å². The van der Waals surface area contributed by atoms with Gasteiger partial charge in [0.05, 0.1) is 23.4 Å². The molecule has 1 heterocycles. The number of benzene rings is 1. The summed E-state index contributed by atoms with van der Waals surface area (Å²) >= 11 is 2.67. The molecular weight excluding hydrogens is 316 g/mol. The fraction of sp³-hybridized carbons (Fsp3) is 0.333. The highest BCUT2D eigenvalue weighted by Gasteiger charge is 2.16. The van der Waals surface area contributed by atoms with Gasteiger partial charge in [-0.15, -0.1) is 16.9 Å². The maximum atomic E-state index is 12.4. The van der Waals surface area contributed by atoms with Gasteiger partial charge in [0.1, 0.15) is 4.88 Å². The number of amides is 1. The van der Waals surface area contributed by atoms with Gasteiger partial charge in [0.25, 0.3) is 5.91 Å². The Bertz CT molecular complexity index is 693. The van der Waals surface area contributed by atoms with Gasteiger partial charge in [-0.2, -0.15) is 5.26 Å². The minimum absolute atomic E-state index is 0.0360. The SMILES string of the molecule is CCc1nnsc1C(=O)Nc1ccccc1SC[C@H](C)C#N. The van der Waals surface area contributed by atoms with E-state index in [-0.39, 0.29) is 11.8 Å². The molecule has 0 unspecified atom stereocenters. The smallest absolute Gasteiger partial charge is 0.269 e. The molecular formula is C15H16N4OS2. The highest BCUT2D eigenvalue weighted by atomic mass is 32.2. The number of carbonyl (C=O) groups excluding carboxylic acids is 1. The number of thioether (sulfide) groups is 1. The lowest BCUT2D eigenvalue weighted by Gasteiger charge is -2.10. The monoisotopic (exact) mass is 332 g/mol. The van der Waals surface area contributed by atoms with Gasteiger partial charge in [-0.25, -0.2) is 0 Å². The minimum Gasteiger partial charge on any atom is -0.320 e. The van der Waals surface area contributed by atoms with E-state index >= 15 is 0 Å². The molecule has 2 rings (SSSR count). The summed E-state index contributed by atoms with van der Waals surface area (Å²) in [4.78, 5) is 13.9. The van der Waals surface area contributed by atoms with Gasteiger partial charge in [-0.05, 0) is 37.0 Å². The van der Waals surface area contributed by atoms with Gasteiger partial charge < -0.3 is 5.32 Å². The minimum atomic E-state index is -0.187. The Morgan fingerprint density at radius 3 is 3.00 bits per heavy atom. The number of hydrogen-bond acceptors (Lipinski definition) is 6. The Balaban J connectivity index is 2.13. The first-order valence-corrected chi connectivity index (χ1v) is 8.65. The third-order valence-corrected chi connectivity index (χ3v) is 5.04. The summed E-state index contributed by atoms with van der Waals surface area (Å²) in [7, 11) is 0. The van der Waals surface area contributed by atoms with E-state index < -0.39 is 0 Å². The number of para-hydroxylation sites is 1. The Hall–Kier alpha value is -1.91. The van der Waals surface area contributed by atoms with E-state index in [2.05, 4.69) is 21.0 Å². The van der Waals surface area contributed by atoms with E-state index in [4.69, 9.17) is 5.26 Å². The summed E-state index contributed by atoms with van der Waals surface area (Å²) in [6.45, 7) is 3.82. The normalized spacial score (nSPS) is 11.7. The van der Waals surface area contributed by atoms with Crippen LogP contribution in [0.4, 0.5) is 5.69 Å². The van der Waals surface area contributed by atoms with Crippen LogP contribution in [0, 0.1) is 17.2 Å². The third-order valence-electron chi connectivity index (χ3n) is 2.94. The van der Waals surface area contributed by atoms with Crippen LogP contribution >= 0.6 is 23.3 Å². The largest absolute Gasteiger partial charge is 0.320 e. The van der Waals surface area contributed by atoms with Crippen LogP contribution in [0.3, 0.4) is 0 Å². The first-order valence-electron chi connectivity index (χ1n) is 6.89. The Morgan fingerprint density at radius 1 is 1.50 bits per heavy atom. The molecule has 0 spiro atoms. The summed E-state index contributed by atoms with van der Waals surface area (Å²) < 4.78 is 3.84. The number of aryl methyl sites for hydroxylation is 1. The number of rotatable bonds is 6. The number of hydrogen-bond donors (Lipinski definition) is 1. The summed E-state index contributed by atoms with van der Waals surface area (Å²) in [5.74, 6) is 0.463. The molecule has 0 bridgehead atoms. The summed E-state index contributed by atoms with van der Waals surface area (Å²) in [5.41, 5.74) is 1.46. The highest BCUT2D eigenvalue weighted by Crippen LogP contribution is 2.29. The molecule has 1 N–H and O–H groups in total. The second-order valence-corrected chi connectivity index (χ2v) is 6.51. The van der Waals surface area contributed by atoms with E-state index in [1.807, 2.05) is 38.1 Å². The lowest BCUT2D eigenvalue weighted by molar-refractivity contribution is 0.102. The van der Waals surface area contributed by atoms with Crippen molar-refractivity contribution in [3.05, 3.63) is 34.8 Å². The van der Waals surface area contributed by atoms with Gasteiger partial charge >= 0.3 is 0 Å². The summed E-state index contributed by atoms with van der Waals surface area (Å²) in [6.07, 6.45) is 0.676. The van der Waals surface area contributed by atoms with Crippen LogP contribution in [-0.2, 0) is 6.42 Å². The molecule has 0 radical (unpaired) electrons. The second kappa shape index (κ2) is 7.92. The van der Waals surface area contributed by atoms with Gasteiger partial charge in [0.2, 0.25) is 0 Å². The molecule has 1 atom stereocenters. The number of aromatic nitrogens is 2. The Morgan fingerprint density at radius 2 is 2.27 bits per heavy atom. The molecule has 7 heteroatoms. The number of carbonyl (C=O) groups is 1. The molecule has 2 aromatic rings. The zero-order valence-corrected chi connectivity index (χ0v) is 14.0. The van der Waals surface area contributed by atoms with E-state index in [0.717, 1.165) is 22.1 Å². The average Bonchev–Trinajstić information content (AvgIpc) is 3.02. The number of anilines is 1. The van der Waals surface area contributed by atoms with Gasteiger partial charge in [0.15, 0.2) is 0 Å². The second-order valence-electron chi connectivity index (χ2n) is 4.69. The summed E-state index contributed by atoms with van der Waals surface area (Å²) in [5, 5.41) is 15.7. The molecule has 0 saturated heterocycles. The van der Waals surface area contributed by atoms with Crippen molar-refractivity contribution >= 4 is 34.9 Å². The van der Waals surface area contributed by atoms with Crippen molar-refractivity contribution in [1.29, 1.82) is 5.26 Å². The van der Waals surface area contributed by atoms with E-state index in [9.17, 15) is 4.79 Å². The third kappa shape index (κ3) is 4.06. The highest BCUT2D eigenvalue weighted by molar-refractivity contribution is 7.99. The molecule has 0 saturated carbocycles. The zero-order valence-electron chi connectivity index (χ0n) is 12.4. The van der Waals surface area contributed by atoms with E-state index in [0.29, 0.717) is 22.7 Å². The summed E-state index contributed by atoms with van der Waals surface area (Å²) in [6, 6.07) is 9.80. The maximum absolute atomic E-state index is 12.4. The van der Waals surface area contributed by atoms with Crippen molar-refractivity contribution in [2.45, 2.75) is 25.2 Å². The van der Waals surface area contributed by atoms with Crippen molar-refractivity contribution in [2.75, 3.05) is 11.1 Å². The lowest BCUT2D eigenvalue weighted by atomic mass is 10.2.